The molecule has 4 nitrogen and oxygen atoms in total. The molecule has 3 aromatic rings. The third-order valence-corrected chi connectivity index (χ3v) is 4.74. The summed E-state index contributed by atoms with van der Waals surface area (Å²) >= 11 is 1.29. The molecule has 0 unspecified atom stereocenters. The summed E-state index contributed by atoms with van der Waals surface area (Å²) in [5.74, 6) is 1.04. The molecule has 5 heteroatoms. The number of carbonyl (C=O) groups is 1. The van der Waals surface area contributed by atoms with E-state index in [1.54, 1.807) is 18.2 Å². The lowest BCUT2D eigenvalue weighted by atomic mass is 10.1. The van der Waals surface area contributed by atoms with Crippen molar-refractivity contribution in [2.24, 2.45) is 0 Å². The standard InChI is InChI=1S/C17H12O4S/c18-15(10-5-6-12-13(9-10)21-8-7-20-12)17-16(19)11-3-1-2-4-14(11)22-17/h1-6,9,19H,7-8H2. The summed E-state index contributed by atoms with van der Waals surface area (Å²) in [5.41, 5.74) is 0.478. The van der Waals surface area contributed by atoms with Crippen molar-refractivity contribution in [2.75, 3.05) is 13.2 Å². The van der Waals surface area contributed by atoms with Crippen LogP contribution in [-0.4, -0.2) is 24.1 Å². The molecule has 1 N–H and O–H groups in total. The van der Waals surface area contributed by atoms with E-state index >= 15 is 0 Å². The van der Waals surface area contributed by atoms with Gasteiger partial charge >= 0.3 is 0 Å². The molecule has 0 radical (unpaired) electrons. The van der Waals surface area contributed by atoms with Crippen LogP contribution in [0.1, 0.15) is 15.2 Å². The Balaban J connectivity index is 1.78. The van der Waals surface area contributed by atoms with E-state index in [1.807, 2.05) is 24.3 Å². The van der Waals surface area contributed by atoms with E-state index in [1.165, 1.54) is 11.3 Å². The van der Waals surface area contributed by atoms with Gasteiger partial charge in [0.25, 0.3) is 0 Å². The molecule has 0 atom stereocenters. The fourth-order valence-electron chi connectivity index (χ4n) is 2.50. The molecule has 0 fully saturated rings. The van der Waals surface area contributed by atoms with Crippen LogP contribution in [0.15, 0.2) is 42.5 Å². The number of fused-ring (bicyclic) bond motifs is 2. The molecule has 110 valence electrons. The molecule has 0 saturated heterocycles. The van der Waals surface area contributed by atoms with Crippen LogP contribution < -0.4 is 9.47 Å². The van der Waals surface area contributed by atoms with Crippen molar-refractivity contribution in [3.63, 3.8) is 0 Å². The van der Waals surface area contributed by atoms with Gasteiger partial charge in [0.05, 0.1) is 0 Å². The molecule has 22 heavy (non-hydrogen) atoms. The molecule has 4 rings (SSSR count). The maximum atomic E-state index is 12.7. The number of aromatic hydroxyl groups is 1. The van der Waals surface area contributed by atoms with Crippen LogP contribution in [0.4, 0.5) is 0 Å². The number of ketones is 1. The monoisotopic (exact) mass is 312 g/mol. The number of hydrogen-bond acceptors (Lipinski definition) is 5. The summed E-state index contributed by atoms with van der Waals surface area (Å²) in [7, 11) is 0. The molecule has 1 aliphatic rings. The van der Waals surface area contributed by atoms with E-state index in [9.17, 15) is 9.90 Å². The maximum absolute atomic E-state index is 12.7. The van der Waals surface area contributed by atoms with Crippen LogP contribution in [0.5, 0.6) is 17.2 Å². The highest BCUT2D eigenvalue weighted by Crippen LogP contribution is 2.39. The molecule has 0 aliphatic carbocycles. The second-order valence-electron chi connectivity index (χ2n) is 4.96. The first-order valence-corrected chi connectivity index (χ1v) is 7.70. The van der Waals surface area contributed by atoms with E-state index in [0.29, 0.717) is 40.5 Å². The molecule has 1 aliphatic heterocycles. The average molecular weight is 312 g/mol. The van der Waals surface area contributed by atoms with Gasteiger partial charge in [-0.05, 0) is 30.3 Å². The van der Waals surface area contributed by atoms with Gasteiger partial charge in [-0.3, -0.25) is 4.79 Å². The Hall–Kier alpha value is -2.53. The van der Waals surface area contributed by atoms with Crippen molar-refractivity contribution in [1.82, 2.24) is 0 Å². The van der Waals surface area contributed by atoms with E-state index < -0.39 is 0 Å². The van der Waals surface area contributed by atoms with Crippen LogP contribution >= 0.6 is 11.3 Å². The zero-order valence-corrected chi connectivity index (χ0v) is 12.4. The Morgan fingerprint density at radius 2 is 1.82 bits per heavy atom. The first-order valence-electron chi connectivity index (χ1n) is 6.89. The van der Waals surface area contributed by atoms with Crippen LogP contribution in [0, 0.1) is 0 Å². The minimum atomic E-state index is -0.212. The normalized spacial score (nSPS) is 13.3. The number of benzene rings is 2. The van der Waals surface area contributed by atoms with Crippen LogP contribution in [-0.2, 0) is 0 Å². The van der Waals surface area contributed by atoms with Crippen molar-refractivity contribution in [3.05, 3.63) is 52.9 Å². The molecule has 0 bridgehead atoms. The Morgan fingerprint density at radius 1 is 1.05 bits per heavy atom. The Labute approximate surface area is 130 Å². The van der Waals surface area contributed by atoms with Gasteiger partial charge in [-0.25, -0.2) is 0 Å². The SMILES string of the molecule is O=C(c1ccc2c(c1)OCCO2)c1sc2ccccc2c1O. The molecule has 2 heterocycles. The topological polar surface area (TPSA) is 55.8 Å². The lowest BCUT2D eigenvalue weighted by molar-refractivity contribution is 0.103. The quantitative estimate of drug-likeness (QED) is 0.734. The first kappa shape index (κ1) is 13.2. The summed E-state index contributed by atoms with van der Waals surface area (Å²) in [6.45, 7) is 0.982. The largest absolute Gasteiger partial charge is 0.506 e. The van der Waals surface area contributed by atoms with Gasteiger partial charge < -0.3 is 14.6 Å². The van der Waals surface area contributed by atoms with E-state index in [2.05, 4.69) is 0 Å². The van der Waals surface area contributed by atoms with E-state index in [0.717, 1.165) is 4.70 Å². The summed E-state index contributed by atoms with van der Waals surface area (Å²) in [6.07, 6.45) is 0. The zero-order chi connectivity index (χ0) is 15.1. The second kappa shape index (κ2) is 5.03. The molecule has 2 aromatic carbocycles. The van der Waals surface area contributed by atoms with Gasteiger partial charge in [-0.15, -0.1) is 11.3 Å². The Bertz CT molecular complexity index is 881. The lowest BCUT2D eigenvalue weighted by Gasteiger charge is -2.18. The van der Waals surface area contributed by atoms with Gasteiger partial charge in [-0.1, -0.05) is 12.1 Å². The number of carbonyl (C=O) groups excluding carboxylic acids is 1. The van der Waals surface area contributed by atoms with Gasteiger partial charge in [0, 0.05) is 15.6 Å². The number of hydrogen-bond donors (Lipinski definition) is 1. The molecule has 0 amide bonds. The highest BCUT2D eigenvalue weighted by Gasteiger charge is 2.21. The number of ether oxygens (including phenoxy) is 2. The minimum Gasteiger partial charge on any atom is -0.506 e. The van der Waals surface area contributed by atoms with Crippen molar-refractivity contribution in [2.45, 2.75) is 0 Å². The van der Waals surface area contributed by atoms with Crippen molar-refractivity contribution < 1.29 is 19.4 Å². The predicted molar refractivity (Wildman–Crippen MR) is 84.4 cm³/mol. The Morgan fingerprint density at radius 3 is 2.64 bits per heavy atom. The van der Waals surface area contributed by atoms with Gasteiger partial charge in [0.15, 0.2) is 11.5 Å². The smallest absolute Gasteiger partial charge is 0.206 e. The Kier molecular flexibility index (Phi) is 3.01. The third-order valence-electron chi connectivity index (χ3n) is 3.58. The fraction of sp³-hybridized carbons (Fsp3) is 0.118. The van der Waals surface area contributed by atoms with Crippen molar-refractivity contribution in [1.29, 1.82) is 0 Å². The molecule has 0 spiro atoms. The average Bonchev–Trinajstić information content (AvgIpc) is 2.91. The van der Waals surface area contributed by atoms with Gasteiger partial charge in [0.1, 0.15) is 23.8 Å². The summed E-state index contributed by atoms with van der Waals surface area (Å²) in [4.78, 5) is 13.0. The molecular weight excluding hydrogens is 300 g/mol. The predicted octanol–water partition coefficient (Wildman–Crippen LogP) is 3.61. The highest BCUT2D eigenvalue weighted by molar-refractivity contribution is 7.21. The zero-order valence-electron chi connectivity index (χ0n) is 11.5. The number of rotatable bonds is 2. The van der Waals surface area contributed by atoms with E-state index in [4.69, 9.17) is 9.47 Å². The fourth-order valence-corrected chi connectivity index (χ4v) is 3.56. The molecule has 1 aromatic heterocycles. The van der Waals surface area contributed by atoms with Gasteiger partial charge in [0.2, 0.25) is 5.78 Å². The van der Waals surface area contributed by atoms with Crippen LogP contribution in [0.2, 0.25) is 0 Å². The first-order chi connectivity index (χ1) is 10.7. The summed E-state index contributed by atoms with van der Waals surface area (Å²) in [6, 6.07) is 12.5. The van der Waals surface area contributed by atoms with Crippen molar-refractivity contribution in [3.8, 4) is 17.2 Å². The molecule has 0 saturated carbocycles. The summed E-state index contributed by atoms with van der Waals surface area (Å²) < 4.78 is 11.8. The second-order valence-corrected chi connectivity index (χ2v) is 6.02. The number of thiophene rings is 1. The lowest BCUT2D eigenvalue weighted by Crippen LogP contribution is -2.15. The van der Waals surface area contributed by atoms with Crippen molar-refractivity contribution >= 4 is 27.2 Å². The third kappa shape index (κ3) is 2.02. The summed E-state index contributed by atoms with van der Waals surface area (Å²) in [5, 5.41) is 11.0. The maximum Gasteiger partial charge on any atom is 0.206 e. The van der Waals surface area contributed by atoms with Gasteiger partial charge in [-0.2, -0.15) is 0 Å². The van der Waals surface area contributed by atoms with Crippen LogP contribution in [0.25, 0.3) is 10.1 Å². The van der Waals surface area contributed by atoms with E-state index in [-0.39, 0.29) is 11.5 Å². The molecular formula is C17H12O4S. The van der Waals surface area contributed by atoms with Crippen LogP contribution in [0.3, 0.4) is 0 Å². The minimum absolute atomic E-state index is 0.0421. The highest BCUT2D eigenvalue weighted by atomic mass is 32.1.